The normalized spacial score (nSPS) is 20.5. The van der Waals surface area contributed by atoms with Crippen LogP contribution in [0.25, 0.3) is 0 Å². The zero-order chi connectivity index (χ0) is 16.5. The summed E-state index contributed by atoms with van der Waals surface area (Å²) in [6.45, 7) is 12.3. The first-order valence-corrected chi connectivity index (χ1v) is 9.95. The Hall–Kier alpha value is -0.550. The van der Waals surface area contributed by atoms with E-state index in [4.69, 9.17) is 11.8 Å². The monoisotopic (exact) mass is 308 g/mol. The second kappa shape index (κ2) is 16.8. The topological polar surface area (TPSA) is 28.2 Å². The molecular weight excluding hydrogens is 268 g/mol. The van der Waals surface area contributed by atoms with Crippen molar-refractivity contribution in [2.75, 3.05) is 13.1 Å². The number of quaternary nitrogens is 1. The molecule has 2 heteroatoms. The van der Waals surface area contributed by atoms with Gasteiger partial charge in [0.25, 0.3) is 0 Å². The van der Waals surface area contributed by atoms with Crippen LogP contribution in [0.4, 0.5) is 0 Å². The third-order valence-corrected chi connectivity index (χ3v) is 5.12. The van der Waals surface area contributed by atoms with Crippen LogP contribution in [0.1, 0.15) is 104 Å². The van der Waals surface area contributed by atoms with E-state index in [1.165, 1.54) is 103 Å². The van der Waals surface area contributed by atoms with Crippen LogP contribution in [-0.4, -0.2) is 19.1 Å². The minimum Gasteiger partial charge on any atom is -0.512 e. The van der Waals surface area contributed by atoms with Crippen LogP contribution in [0.2, 0.25) is 0 Å². The molecule has 2 nitrogen and oxygen atoms in total. The molecule has 1 heterocycles. The predicted molar refractivity (Wildman–Crippen MR) is 95.4 cm³/mol. The molecule has 1 N–H and O–H groups in total. The largest absolute Gasteiger partial charge is 0.512 e. The molecule has 0 radical (unpaired) electrons. The minimum absolute atomic E-state index is 1.01. The fourth-order valence-corrected chi connectivity index (χ4v) is 3.85. The van der Waals surface area contributed by atoms with Crippen molar-refractivity contribution < 1.29 is 4.90 Å². The fourth-order valence-electron chi connectivity index (χ4n) is 3.85. The van der Waals surface area contributed by atoms with Crippen LogP contribution in [0.5, 0.6) is 0 Å². The van der Waals surface area contributed by atoms with E-state index in [0.29, 0.717) is 0 Å². The van der Waals surface area contributed by atoms with Crippen LogP contribution in [0, 0.1) is 11.8 Å². The maximum absolute atomic E-state index is 6.25. The molecule has 0 bridgehead atoms. The number of hydrogen-bond acceptors (Lipinski definition) is 1. The Balaban J connectivity index is 0.00000211. The highest BCUT2D eigenvalue weighted by atomic mass is 15.2. The maximum Gasteiger partial charge on any atom is 0.0876 e. The second-order valence-corrected chi connectivity index (χ2v) is 6.97. The van der Waals surface area contributed by atoms with Crippen LogP contribution >= 0.6 is 0 Å². The smallest absolute Gasteiger partial charge is 0.0876 e. The second-order valence-electron chi connectivity index (χ2n) is 6.97. The van der Waals surface area contributed by atoms with Crippen molar-refractivity contribution in [2.45, 2.75) is 110 Å². The van der Waals surface area contributed by atoms with Crippen molar-refractivity contribution in [3.05, 3.63) is 6.57 Å². The van der Waals surface area contributed by atoms with E-state index >= 15 is 0 Å². The molecule has 1 fully saturated rings. The molecule has 0 spiro atoms. The van der Waals surface area contributed by atoms with E-state index < -0.39 is 0 Å². The van der Waals surface area contributed by atoms with E-state index in [0.717, 1.165) is 6.04 Å². The van der Waals surface area contributed by atoms with Crippen LogP contribution in [0.15, 0.2) is 0 Å². The van der Waals surface area contributed by atoms with Gasteiger partial charge in [-0.1, -0.05) is 71.6 Å². The summed E-state index contributed by atoms with van der Waals surface area (Å²) in [5, 5.41) is 6.25. The van der Waals surface area contributed by atoms with Crippen molar-refractivity contribution in [1.82, 2.24) is 0 Å². The van der Waals surface area contributed by atoms with Gasteiger partial charge < -0.3 is 16.7 Å². The third-order valence-electron chi connectivity index (χ3n) is 5.12. The summed E-state index contributed by atoms with van der Waals surface area (Å²) < 4.78 is 0. The molecule has 22 heavy (non-hydrogen) atoms. The molecule has 0 aromatic carbocycles. The molecule has 0 aromatic heterocycles. The van der Waals surface area contributed by atoms with Gasteiger partial charge in [0.1, 0.15) is 0 Å². The molecule has 0 saturated carbocycles. The van der Waals surface area contributed by atoms with Gasteiger partial charge in [0.2, 0.25) is 0 Å². The number of hydrogen-bond donors (Lipinski definition) is 1. The van der Waals surface area contributed by atoms with E-state index in [1.807, 2.05) is 4.90 Å². The van der Waals surface area contributed by atoms with Gasteiger partial charge in [-0.2, -0.15) is 0 Å². The van der Waals surface area contributed by atoms with Gasteiger partial charge in [-0.25, -0.2) is 0 Å². The van der Waals surface area contributed by atoms with Crippen LogP contribution in [0.3, 0.4) is 0 Å². The van der Waals surface area contributed by atoms with Crippen LogP contribution < -0.4 is 4.90 Å². The summed E-state index contributed by atoms with van der Waals surface area (Å²) in [5.41, 5.74) is 0. The SMILES string of the molecule is CCCCCCCCCCCC[NH+]1CCCC1CCC.[C-]#N. The van der Waals surface area contributed by atoms with E-state index in [-0.39, 0.29) is 0 Å². The molecular formula is C20H40N2. The number of nitrogens with zero attached hydrogens (tertiary/aromatic N) is 1. The molecule has 1 rings (SSSR count). The summed E-state index contributed by atoms with van der Waals surface area (Å²) in [6, 6.07) is 1.01. The number of likely N-dealkylation sites (tertiary alicyclic amines) is 1. The van der Waals surface area contributed by atoms with Gasteiger partial charge in [0.15, 0.2) is 0 Å². The van der Waals surface area contributed by atoms with Crippen molar-refractivity contribution in [3.8, 4) is 0 Å². The Morgan fingerprint density at radius 1 is 0.818 bits per heavy atom. The van der Waals surface area contributed by atoms with Gasteiger partial charge in [0.05, 0.1) is 19.1 Å². The molecule has 0 aliphatic carbocycles. The average Bonchev–Trinajstić information content (AvgIpc) is 2.99. The molecule has 0 amide bonds. The molecule has 1 aliphatic heterocycles. The first-order chi connectivity index (χ1) is 10.9. The van der Waals surface area contributed by atoms with Gasteiger partial charge in [-0.05, 0) is 19.3 Å². The quantitative estimate of drug-likeness (QED) is 0.382. The molecule has 1 aliphatic rings. The Labute approximate surface area is 140 Å². The Bertz CT molecular complexity index is 237. The molecule has 2 unspecified atom stereocenters. The molecule has 130 valence electrons. The third kappa shape index (κ3) is 11.1. The lowest BCUT2D eigenvalue weighted by Crippen LogP contribution is -3.13. The van der Waals surface area contributed by atoms with E-state index in [9.17, 15) is 0 Å². The average molecular weight is 309 g/mol. The highest BCUT2D eigenvalue weighted by molar-refractivity contribution is 4.62. The zero-order valence-electron chi connectivity index (χ0n) is 15.3. The first kappa shape index (κ1) is 21.4. The van der Waals surface area contributed by atoms with Crippen molar-refractivity contribution in [2.24, 2.45) is 0 Å². The lowest BCUT2D eigenvalue weighted by Gasteiger charge is -2.21. The lowest BCUT2D eigenvalue weighted by atomic mass is 10.1. The van der Waals surface area contributed by atoms with Crippen molar-refractivity contribution in [3.63, 3.8) is 0 Å². The maximum atomic E-state index is 6.25. The van der Waals surface area contributed by atoms with Gasteiger partial charge in [-0.3, -0.25) is 0 Å². The number of nitrogens with one attached hydrogen (secondary N) is 1. The lowest BCUT2D eigenvalue weighted by molar-refractivity contribution is -0.912. The molecule has 1 saturated heterocycles. The highest BCUT2D eigenvalue weighted by Gasteiger charge is 2.26. The Morgan fingerprint density at radius 3 is 1.91 bits per heavy atom. The van der Waals surface area contributed by atoms with E-state index in [1.54, 1.807) is 0 Å². The standard InChI is InChI=1S/C19H39N.CN/c1-3-5-6-7-8-9-10-11-12-13-17-20-18-14-16-19(20)15-4-2;1-2/h19H,3-18H2,1-2H3;/q;-1/p+1. The number of rotatable bonds is 13. The van der Waals surface area contributed by atoms with Gasteiger partial charge >= 0.3 is 0 Å². The van der Waals surface area contributed by atoms with Crippen molar-refractivity contribution >= 4 is 0 Å². The Morgan fingerprint density at radius 2 is 1.36 bits per heavy atom. The fraction of sp³-hybridized carbons (Fsp3) is 0.950. The molecule has 0 aromatic rings. The van der Waals surface area contributed by atoms with Crippen LogP contribution in [-0.2, 0) is 0 Å². The number of unbranched alkanes of at least 4 members (excludes halogenated alkanes) is 9. The summed E-state index contributed by atoms with van der Waals surface area (Å²) in [4.78, 5) is 1.94. The van der Waals surface area contributed by atoms with Gasteiger partial charge in [-0.15, -0.1) is 0 Å². The zero-order valence-corrected chi connectivity index (χ0v) is 15.3. The predicted octanol–water partition coefficient (Wildman–Crippen LogP) is 4.85. The van der Waals surface area contributed by atoms with Crippen molar-refractivity contribution in [1.29, 1.82) is 5.26 Å². The van der Waals surface area contributed by atoms with Gasteiger partial charge in [0, 0.05) is 12.8 Å². The Kier molecular flexibility index (Phi) is 16.4. The van der Waals surface area contributed by atoms with E-state index in [2.05, 4.69) is 13.8 Å². The first-order valence-electron chi connectivity index (χ1n) is 9.95. The summed E-state index contributed by atoms with van der Waals surface area (Å²) in [6.07, 6.45) is 20.5. The molecule has 2 atom stereocenters. The summed E-state index contributed by atoms with van der Waals surface area (Å²) in [5.74, 6) is 0. The summed E-state index contributed by atoms with van der Waals surface area (Å²) >= 11 is 0. The summed E-state index contributed by atoms with van der Waals surface area (Å²) in [7, 11) is 0. The minimum atomic E-state index is 1.01. The highest BCUT2D eigenvalue weighted by Crippen LogP contribution is 2.11.